The number of rotatable bonds is 5. The predicted molar refractivity (Wildman–Crippen MR) is 76.1 cm³/mol. The maximum absolute atomic E-state index is 11.6. The van der Waals surface area contributed by atoms with Crippen LogP contribution in [-0.2, 0) is 9.84 Å². The van der Waals surface area contributed by atoms with Crippen molar-refractivity contribution in [3.63, 3.8) is 0 Å². The van der Waals surface area contributed by atoms with Gasteiger partial charge in [-0.15, -0.1) is 0 Å². The first-order valence-corrected chi connectivity index (χ1v) is 8.58. The molecule has 1 aromatic heterocycles. The molecule has 19 heavy (non-hydrogen) atoms. The Labute approximate surface area is 114 Å². The second-order valence-corrected chi connectivity index (χ2v) is 6.94. The Bertz CT molecular complexity index is 510. The average Bonchev–Trinajstić information content (AvgIpc) is 2.39. The molecule has 106 valence electrons. The molecular weight excluding hydrogens is 262 g/mol. The lowest BCUT2D eigenvalue weighted by Crippen LogP contribution is -2.33. The van der Waals surface area contributed by atoms with E-state index < -0.39 is 9.84 Å². The van der Waals surface area contributed by atoms with Crippen LogP contribution in [0.2, 0.25) is 0 Å². The van der Waals surface area contributed by atoms with E-state index >= 15 is 0 Å². The van der Waals surface area contributed by atoms with E-state index in [1.807, 2.05) is 0 Å². The fraction of sp³-hybridized carbons (Fsp3) is 0.615. The van der Waals surface area contributed by atoms with Crippen molar-refractivity contribution in [2.45, 2.75) is 24.2 Å². The maximum Gasteiger partial charge on any atom is 0.179 e. The van der Waals surface area contributed by atoms with Crippen LogP contribution in [0, 0.1) is 0 Å². The Hall–Kier alpha value is -1.14. The molecule has 2 heterocycles. The van der Waals surface area contributed by atoms with Crippen molar-refractivity contribution < 1.29 is 8.42 Å². The smallest absolute Gasteiger partial charge is 0.179 e. The molecule has 1 aliphatic heterocycles. The highest BCUT2D eigenvalue weighted by molar-refractivity contribution is 7.90. The SMILES string of the molecule is CS(=O)(=O)c1cccnc1NCCN1CCCCC1. The molecule has 0 spiro atoms. The molecule has 1 N–H and O–H groups in total. The van der Waals surface area contributed by atoms with Crippen molar-refractivity contribution in [1.29, 1.82) is 0 Å². The van der Waals surface area contributed by atoms with Gasteiger partial charge in [-0.2, -0.15) is 0 Å². The van der Waals surface area contributed by atoms with Crippen molar-refractivity contribution in [2.24, 2.45) is 0 Å². The van der Waals surface area contributed by atoms with E-state index in [0.717, 1.165) is 26.2 Å². The van der Waals surface area contributed by atoms with Gasteiger partial charge in [0.1, 0.15) is 10.7 Å². The van der Waals surface area contributed by atoms with E-state index in [1.54, 1.807) is 18.3 Å². The topological polar surface area (TPSA) is 62.3 Å². The lowest BCUT2D eigenvalue weighted by Gasteiger charge is -2.26. The Kier molecular flexibility index (Phi) is 4.76. The largest absolute Gasteiger partial charge is 0.368 e. The minimum absolute atomic E-state index is 0.272. The molecule has 6 heteroatoms. The van der Waals surface area contributed by atoms with Crippen molar-refractivity contribution in [3.8, 4) is 0 Å². The van der Waals surface area contributed by atoms with Crippen LogP contribution >= 0.6 is 0 Å². The summed E-state index contributed by atoms with van der Waals surface area (Å²) in [5.74, 6) is 0.460. The third kappa shape index (κ3) is 4.18. The fourth-order valence-electron chi connectivity index (χ4n) is 2.34. The second kappa shape index (κ2) is 6.34. The van der Waals surface area contributed by atoms with E-state index in [1.165, 1.54) is 25.5 Å². The molecule has 0 atom stereocenters. The van der Waals surface area contributed by atoms with Crippen molar-refractivity contribution in [3.05, 3.63) is 18.3 Å². The number of hydrogen-bond donors (Lipinski definition) is 1. The van der Waals surface area contributed by atoms with Gasteiger partial charge in [0.25, 0.3) is 0 Å². The number of sulfone groups is 1. The minimum Gasteiger partial charge on any atom is -0.368 e. The normalized spacial score (nSPS) is 17.3. The molecule has 0 radical (unpaired) electrons. The average molecular weight is 283 g/mol. The Morgan fingerprint density at radius 3 is 2.74 bits per heavy atom. The van der Waals surface area contributed by atoms with Crippen LogP contribution in [-0.4, -0.2) is 50.7 Å². The van der Waals surface area contributed by atoms with Gasteiger partial charge in [0.2, 0.25) is 0 Å². The number of aromatic nitrogens is 1. The maximum atomic E-state index is 11.6. The molecule has 0 unspecified atom stereocenters. The first-order valence-electron chi connectivity index (χ1n) is 6.69. The van der Waals surface area contributed by atoms with Crippen LogP contribution in [0.15, 0.2) is 23.2 Å². The lowest BCUT2D eigenvalue weighted by molar-refractivity contribution is 0.237. The molecule has 1 fully saturated rings. The zero-order chi connectivity index (χ0) is 13.7. The molecule has 0 saturated carbocycles. The zero-order valence-corrected chi connectivity index (χ0v) is 12.1. The van der Waals surface area contributed by atoms with E-state index in [9.17, 15) is 8.42 Å². The lowest BCUT2D eigenvalue weighted by atomic mass is 10.1. The predicted octanol–water partition coefficient (Wildman–Crippen LogP) is 1.38. The van der Waals surface area contributed by atoms with Crippen LogP contribution in [0.5, 0.6) is 0 Å². The monoisotopic (exact) mass is 283 g/mol. The van der Waals surface area contributed by atoms with Crippen LogP contribution in [0.25, 0.3) is 0 Å². The Morgan fingerprint density at radius 2 is 2.05 bits per heavy atom. The quantitative estimate of drug-likeness (QED) is 0.884. The third-order valence-electron chi connectivity index (χ3n) is 3.34. The summed E-state index contributed by atoms with van der Waals surface area (Å²) in [5, 5.41) is 3.14. The molecule has 0 bridgehead atoms. The van der Waals surface area contributed by atoms with Crippen molar-refractivity contribution in [2.75, 3.05) is 37.8 Å². The van der Waals surface area contributed by atoms with E-state index in [2.05, 4.69) is 15.2 Å². The van der Waals surface area contributed by atoms with Crippen molar-refractivity contribution >= 4 is 15.7 Å². The first-order chi connectivity index (χ1) is 9.07. The molecule has 2 rings (SSSR count). The van der Waals surface area contributed by atoms with Gasteiger partial charge in [0, 0.05) is 25.5 Å². The number of pyridine rings is 1. The number of anilines is 1. The summed E-state index contributed by atoms with van der Waals surface area (Å²) in [4.78, 5) is 6.79. The molecule has 0 aliphatic carbocycles. The fourth-order valence-corrected chi connectivity index (χ4v) is 3.14. The molecule has 5 nitrogen and oxygen atoms in total. The summed E-state index contributed by atoms with van der Waals surface area (Å²) < 4.78 is 23.3. The summed E-state index contributed by atoms with van der Waals surface area (Å²) in [6.07, 6.45) is 6.66. The van der Waals surface area contributed by atoms with Crippen LogP contribution in [0.3, 0.4) is 0 Å². The van der Waals surface area contributed by atoms with Gasteiger partial charge in [0.15, 0.2) is 9.84 Å². The Balaban J connectivity index is 1.92. The van der Waals surface area contributed by atoms with Gasteiger partial charge in [0.05, 0.1) is 0 Å². The first kappa shape index (κ1) is 14.3. The number of nitrogens with one attached hydrogen (secondary N) is 1. The third-order valence-corrected chi connectivity index (χ3v) is 4.47. The molecule has 1 aliphatic rings. The number of hydrogen-bond acceptors (Lipinski definition) is 5. The number of nitrogens with zero attached hydrogens (tertiary/aromatic N) is 2. The highest BCUT2D eigenvalue weighted by Gasteiger charge is 2.14. The Morgan fingerprint density at radius 1 is 1.32 bits per heavy atom. The van der Waals surface area contributed by atoms with Crippen LogP contribution in [0.4, 0.5) is 5.82 Å². The zero-order valence-electron chi connectivity index (χ0n) is 11.3. The highest BCUT2D eigenvalue weighted by Crippen LogP contribution is 2.17. The number of likely N-dealkylation sites (tertiary alicyclic amines) is 1. The van der Waals surface area contributed by atoms with Crippen LogP contribution in [0.1, 0.15) is 19.3 Å². The standard InChI is InChI=1S/C13H21N3O2S/c1-19(17,18)12-6-5-7-14-13(12)15-8-11-16-9-3-2-4-10-16/h5-7H,2-4,8-11H2,1H3,(H,14,15). The van der Waals surface area contributed by atoms with E-state index in [-0.39, 0.29) is 4.90 Å². The molecular formula is C13H21N3O2S. The summed E-state index contributed by atoms with van der Waals surface area (Å²) in [5.41, 5.74) is 0. The van der Waals surface area contributed by atoms with Gasteiger partial charge >= 0.3 is 0 Å². The summed E-state index contributed by atoms with van der Waals surface area (Å²) in [6.45, 7) is 3.94. The summed E-state index contributed by atoms with van der Waals surface area (Å²) >= 11 is 0. The van der Waals surface area contributed by atoms with Gasteiger partial charge in [-0.05, 0) is 38.1 Å². The van der Waals surface area contributed by atoms with Gasteiger partial charge in [-0.1, -0.05) is 6.42 Å². The second-order valence-electron chi connectivity index (χ2n) is 4.95. The van der Waals surface area contributed by atoms with Gasteiger partial charge < -0.3 is 10.2 Å². The van der Waals surface area contributed by atoms with E-state index in [0.29, 0.717) is 5.82 Å². The summed E-state index contributed by atoms with van der Waals surface area (Å²) in [6, 6.07) is 3.23. The highest BCUT2D eigenvalue weighted by atomic mass is 32.2. The van der Waals surface area contributed by atoms with Crippen LogP contribution < -0.4 is 5.32 Å². The molecule has 0 amide bonds. The minimum atomic E-state index is -3.23. The summed E-state index contributed by atoms with van der Waals surface area (Å²) in [7, 11) is -3.23. The molecule has 1 saturated heterocycles. The molecule has 0 aromatic carbocycles. The van der Waals surface area contributed by atoms with Crippen molar-refractivity contribution in [1.82, 2.24) is 9.88 Å². The molecule has 1 aromatic rings. The number of piperidine rings is 1. The van der Waals surface area contributed by atoms with Gasteiger partial charge in [-0.25, -0.2) is 13.4 Å². The van der Waals surface area contributed by atoms with Gasteiger partial charge in [-0.3, -0.25) is 0 Å². The van der Waals surface area contributed by atoms with E-state index in [4.69, 9.17) is 0 Å².